The second kappa shape index (κ2) is 11.5. The summed E-state index contributed by atoms with van der Waals surface area (Å²) in [4.78, 5) is 6.17. The smallest absolute Gasteiger partial charge is 0.211 e. The van der Waals surface area contributed by atoms with Crippen molar-refractivity contribution < 1.29 is 13.2 Å². The minimum atomic E-state index is -3.15. The zero-order chi connectivity index (χ0) is 17.3. The maximum Gasteiger partial charge on any atom is 0.211 e. The van der Waals surface area contributed by atoms with Gasteiger partial charge in [0.2, 0.25) is 10.0 Å². The van der Waals surface area contributed by atoms with Crippen LogP contribution in [0, 0.1) is 0 Å². The predicted octanol–water partition coefficient (Wildman–Crippen LogP) is 1.26. The molecule has 0 atom stereocenters. The van der Waals surface area contributed by atoms with Crippen LogP contribution in [-0.4, -0.2) is 59.3 Å². The van der Waals surface area contributed by atoms with E-state index in [4.69, 9.17) is 4.74 Å². The Hall–Kier alpha value is -1.07. The summed E-state index contributed by atoms with van der Waals surface area (Å²) >= 11 is 0. The lowest BCUT2D eigenvalue weighted by Crippen LogP contribution is -2.42. The molecule has 9 heteroatoms. The highest BCUT2D eigenvalue weighted by Gasteiger charge is 2.08. The highest BCUT2D eigenvalue weighted by Crippen LogP contribution is 2.12. The predicted molar refractivity (Wildman–Crippen MR) is 109 cm³/mol. The van der Waals surface area contributed by atoms with Crippen LogP contribution in [0.5, 0.6) is 5.75 Å². The maximum atomic E-state index is 11.4. The summed E-state index contributed by atoms with van der Waals surface area (Å²) in [5, 5.41) is 3.13. The zero-order valence-electron chi connectivity index (χ0n) is 14.6. The standard InChI is InChI=1S/C15H26N4O3S.HI/c1-5-23(20,21)18-11-10-17-15(16-2)19(3)12-13-6-8-14(22-4)9-7-13;/h6-9,18H,5,10-12H2,1-4H3,(H,16,17);1H. The average Bonchev–Trinajstić information content (AvgIpc) is 2.55. The Morgan fingerprint density at radius 2 is 1.88 bits per heavy atom. The molecule has 1 rings (SSSR count). The van der Waals surface area contributed by atoms with Crippen LogP contribution in [-0.2, 0) is 16.6 Å². The number of halogens is 1. The fraction of sp³-hybridized carbons (Fsp3) is 0.533. The SMILES string of the molecule is CCS(=O)(=O)NCCNC(=NC)N(C)Cc1ccc(OC)cc1.I. The molecule has 0 radical (unpaired) electrons. The Bertz CT molecular complexity index is 606. The molecule has 0 aliphatic heterocycles. The van der Waals surface area contributed by atoms with Crippen molar-refractivity contribution in [2.45, 2.75) is 13.5 Å². The van der Waals surface area contributed by atoms with Gasteiger partial charge in [0, 0.05) is 33.7 Å². The Balaban J connectivity index is 0.00000529. The largest absolute Gasteiger partial charge is 0.497 e. The van der Waals surface area contributed by atoms with Crippen LogP contribution in [0.25, 0.3) is 0 Å². The number of ether oxygens (including phenoxy) is 1. The summed E-state index contributed by atoms with van der Waals surface area (Å²) in [7, 11) is 2.11. The van der Waals surface area contributed by atoms with Gasteiger partial charge >= 0.3 is 0 Å². The monoisotopic (exact) mass is 470 g/mol. The molecule has 0 saturated carbocycles. The number of nitrogens with zero attached hydrogens (tertiary/aromatic N) is 2. The fourth-order valence-electron chi connectivity index (χ4n) is 1.95. The Morgan fingerprint density at radius 1 is 1.25 bits per heavy atom. The van der Waals surface area contributed by atoms with Gasteiger partial charge in [0.05, 0.1) is 12.9 Å². The van der Waals surface area contributed by atoms with Crippen molar-refractivity contribution >= 4 is 40.0 Å². The van der Waals surface area contributed by atoms with Crippen LogP contribution >= 0.6 is 24.0 Å². The second-order valence-corrected chi connectivity index (χ2v) is 7.07. The number of aliphatic imine (C=N–C) groups is 1. The Morgan fingerprint density at radius 3 is 2.38 bits per heavy atom. The third-order valence-corrected chi connectivity index (χ3v) is 4.67. The quantitative estimate of drug-likeness (QED) is 0.259. The molecule has 0 aliphatic carbocycles. The summed E-state index contributed by atoms with van der Waals surface area (Å²) in [6.07, 6.45) is 0. The molecular formula is C15H27IN4O3S. The lowest BCUT2D eigenvalue weighted by atomic mass is 10.2. The van der Waals surface area contributed by atoms with Gasteiger partial charge in [0.15, 0.2) is 5.96 Å². The van der Waals surface area contributed by atoms with E-state index in [9.17, 15) is 8.42 Å². The molecule has 7 nitrogen and oxygen atoms in total. The number of methoxy groups -OCH3 is 1. The first-order chi connectivity index (χ1) is 10.9. The van der Waals surface area contributed by atoms with Crippen molar-refractivity contribution in [3.8, 4) is 5.75 Å². The average molecular weight is 470 g/mol. The molecular weight excluding hydrogens is 443 g/mol. The highest BCUT2D eigenvalue weighted by atomic mass is 127. The fourth-order valence-corrected chi connectivity index (χ4v) is 2.56. The van der Waals surface area contributed by atoms with Gasteiger partial charge in [0.25, 0.3) is 0 Å². The van der Waals surface area contributed by atoms with E-state index in [-0.39, 0.29) is 29.7 Å². The lowest BCUT2D eigenvalue weighted by Gasteiger charge is -2.22. The molecule has 0 fully saturated rings. The molecule has 0 heterocycles. The lowest BCUT2D eigenvalue weighted by molar-refractivity contribution is 0.414. The van der Waals surface area contributed by atoms with Crippen molar-refractivity contribution in [2.24, 2.45) is 4.99 Å². The first-order valence-electron chi connectivity index (χ1n) is 7.44. The summed E-state index contributed by atoms with van der Waals surface area (Å²) in [5.41, 5.74) is 1.13. The minimum absolute atomic E-state index is 0. The van der Waals surface area contributed by atoms with Gasteiger partial charge in [-0.1, -0.05) is 12.1 Å². The molecule has 1 aromatic rings. The van der Waals surface area contributed by atoms with E-state index in [0.717, 1.165) is 11.3 Å². The number of benzene rings is 1. The van der Waals surface area contributed by atoms with E-state index >= 15 is 0 Å². The van der Waals surface area contributed by atoms with Gasteiger partial charge in [-0.15, -0.1) is 24.0 Å². The maximum absolute atomic E-state index is 11.4. The number of hydrogen-bond donors (Lipinski definition) is 2. The normalized spacial score (nSPS) is 11.6. The molecule has 0 saturated heterocycles. The van der Waals surface area contributed by atoms with Crippen molar-refractivity contribution in [3.05, 3.63) is 29.8 Å². The molecule has 0 aliphatic rings. The van der Waals surface area contributed by atoms with E-state index in [2.05, 4.69) is 15.0 Å². The first-order valence-corrected chi connectivity index (χ1v) is 9.09. The van der Waals surface area contributed by atoms with Crippen LogP contribution in [0.2, 0.25) is 0 Å². The third-order valence-electron chi connectivity index (χ3n) is 3.26. The molecule has 0 bridgehead atoms. The highest BCUT2D eigenvalue weighted by molar-refractivity contribution is 14.0. The summed E-state index contributed by atoms with van der Waals surface area (Å²) < 4.78 is 30.4. The molecule has 0 aromatic heterocycles. The van der Waals surface area contributed by atoms with Crippen LogP contribution in [0.4, 0.5) is 0 Å². The minimum Gasteiger partial charge on any atom is -0.497 e. The van der Waals surface area contributed by atoms with E-state index in [0.29, 0.717) is 25.6 Å². The topological polar surface area (TPSA) is 83.0 Å². The van der Waals surface area contributed by atoms with Gasteiger partial charge in [-0.25, -0.2) is 13.1 Å². The van der Waals surface area contributed by atoms with Crippen LogP contribution in [0.3, 0.4) is 0 Å². The molecule has 1 aromatic carbocycles. The van der Waals surface area contributed by atoms with Crippen LogP contribution < -0.4 is 14.8 Å². The number of sulfonamides is 1. The van der Waals surface area contributed by atoms with Crippen LogP contribution in [0.15, 0.2) is 29.3 Å². The third kappa shape index (κ3) is 8.15. The Kier molecular flexibility index (Phi) is 11.0. The number of guanidine groups is 1. The number of rotatable bonds is 8. The van der Waals surface area contributed by atoms with Gasteiger partial charge < -0.3 is 15.0 Å². The van der Waals surface area contributed by atoms with E-state index < -0.39 is 10.0 Å². The first kappa shape index (κ1) is 22.9. The molecule has 138 valence electrons. The summed E-state index contributed by atoms with van der Waals surface area (Å²) in [5.74, 6) is 1.61. The van der Waals surface area contributed by atoms with Gasteiger partial charge in [-0.3, -0.25) is 4.99 Å². The zero-order valence-corrected chi connectivity index (χ0v) is 17.7. The molecule has 0 unspecified atom stereocenters. The van der Waals surface area contributed by atoms with Crippen molar-refractivity contribution in [2.75, 3.05) is 40.0 Å². The molecule has 24 heavy (non-hydrogen) atoms. The summed E-state index contributed by atoms with van der Waals surface area (Å²) in [6, 6.07) is 7.83. The van der Waals surface area contributed by atoms with Gasteiger partial charge in [-0.2, -0.15) is 0 Å². The molecule has 2 N–H and O–H groups in total. The second-order valence-electron chi connectivity index (χ2n) is 4.98. The number of nitrogens with one attached hydrogen (secondary N) is 2. The Labute approximate surface area is 161 Å². The van der Waals surface area contributed by atoms with Gasteiger partial charge in [0.1, 0.15) is 5.75 Å². The van der Waals surface area contributed by atoms with Crippen LogP contribution in [0.1, 0.15) is 12.5 Å². The molecule has 0 amide bonds. The van der Waals surface area contributed by atoms with E-state index in [1.165, 1.54) is 0 Å². The van der Waals surface area contributed by atoms with Crippen molar-refractivity contribution in [1.82, 2.24) is 14.9 Å². The van der Waals surface area contributed by atoms with Crippen molar-refractivity contribution in [1.29, 1.82) is 0 Å². The number of hydrogen-bond acceptors (Lipinski definition) is 4. The van der Waals surface area contributed by atoms with Crippen molar-refractivity contribution in [3.63, 3.8) is 0 Å². The van der Waals surface area contributed by atoms with E-state index in [1.807, 2.05) is 36.2 Å². The summed E-state index contributed by atoms with van der Waals surface area (Å²) in [6.45, 7) is 3.09. The van der Waals surface area contributed by atoms with Gasteiger partial charge in [-0.05, 0) is 24.6 Å². The molecule has 0 spiro atoms. The van der Waals surface area contributed by atoms with E-state index in [1.54, 1.807) is 21.1 Å².